The maximum Gasteiger partial charge on any atom is 0.336 e. The van der Waals surface area contributed by atoms with Crippen molar-refractivity contribution >= 4 is 22.7 Å². The number of fused-ring (bicyclic) bond motifs is 1. The maximum atomic E-state index is 11.4. The van der Waals surface area contributed by atoms with Gasteiger partial charge in [0, 0.05) is 18.0 Å². The fourth-order valence-corrected chi connectivity index (χ4v) is 2.17. The Balaban J connectivity index is 2.42. The largest absolute Gasteiger partial charge is 0.478 e. The number of pyridine rings is 1. The number of benzene rings is 1. The molecule has 1 heterocycles. The van der Waals surface area contributed by atoms with Crippen molar-refractivity contribution in [1.29, 1.82) is 0 Å². The number of aliphatic hydroxyl groups is 1. The molecule has 20 heavy (non-hydrogen) atoms. The van der Waals surface area contributed by atoms with Crippen LogP contribution in [0.5, 0.6) is 0 Å². The quantitative estimate of drug-likeness (QED) is 0.754. The van der Waals surface area contributed by atoms with Gasteiger partial charge < -0.3 is 15.5 Å². The first-order valence-electron chi connectivity index (χ1n) is 6.66. The first-order chi connectivity index (χ1) is 9.65. The van der Waals surface area contributed by atoms with Crippen LogP contribution in [0.3, 0.4) is 0 Å². The van der Waals surface area contributed by atoms with E-state index in [9.17, 15) is 9.90 Å². The topological polar surface area (TPSA) is 82.5 Å². The lowest BCUT2D eigenvalue weighted by molar-refractivity contribution is 0.0699. The van der Waals surface area contributed by atoms with Gasteiger partial charge in [-0.2, -0.15) is 0 Å². The molecule has 1 unspecified atom stereocenters. The number of hydrogen-bond donors (Lipinski definition) is 3. The third-order valence-electron chi connectivity index (χ3n) is 3.27. The summed E-state index contributed by atoms with van der Waals surface area (Å²) >= 11 is 0. The molecule has 1 aromatic carbocycles. The van der Waals surface area contributed by atoms with Gasteiger partial charge in [0.1, 0.15) is 5.82 Å². The molecule has 0 amide bonds. The molecule has 106 valence electrons. The minimum Gasteiger partial charge on any atom is -0.478 e. The summed E-state index contributed by atoms with van der Waals surface area (Å²) in [7, 11) is 0. The monoisotopic (exact) mass is 274 g/mol. The minimum absolute atomic E-state index is 0.0790. The number of aromatic carboxylic acids is 1. The number of anilines is 1. The Morgan fingerprint density at radius 2 is 2.15 bits per heavy atom. The first-order valence-corrected chi connectivity index (χ1v) is 6.66. The molecule has 0 spiro atoms. The summed E-state index contributed by atoms with van der Waals surface area (Å²) in [5.74, 6) is -0.441. The molecule has 0 fully saturated rings. The second-order valence-electron chi connectivity index (χ2n) is 4.64. The Morgan fingerprint density at radius 3 is 2.80 bits per heavy atom. The summed E-state index contributed by atoms with van der Waals surface area (Å²) in [4.78, 5) is 15.8. The Labute approximate surface area is 117 Å². The molecular formula is C15H18N2O3. The number of nitrogens with zero attached hydrogens (tertiary/aromatic N) is 1. The fourth-order valence-electron chi connectivity index (χ4n) is 2.17. The van der Waals surface area contributed by atoms with E-state index >= 15 is 0 Å². The van der Waals surface area contributed by atoms with E-state index in [4.69, 9.17) is 5.11 Å². The van der Waals surface area contributed by atoms with Gasteiger partial charge in [0.15, 0.2) is 0 Å². The zero-order valence-corrected chi connectivity index (χ0v) is 11.3. The van der Waals surface area contributed by atoms with E-state index in [1.807, 2.05) is 13.0 Å². The average Bonchev–Trinajstić information content (AvgIpc) is 2.45. The normalized spacial score (nSPS) is 12.3. The molecule has 2 aromatic rings. The van der Waals surface area contributed by atoms with Gasteiger partial charge in [-0.25, -0.2) is 9.78 Å². The fraction of sp³-hybridized carbons (Fsp3) is 0.333. The molecule has 0 radical (unpaired) electrons. The highest BCUT2D eigenvalue weighted by Crippen LogP contribution is 2.21. The number of para-hydroxylation sites is 1. The molecule has 1 atom stereocenters. The summed E-state index contributed by atoms with van der Waals surface area (Å²) in [5, 5.41) is 22.1. The molecular weight excluding hydrogens is 256 g/mol. The van der Waals surface area contributed by atoms with E-state index in [1.165, 1.54) is 0 Å². The van der Waals surface area contributed by atoms with Gasteiger partial charge in [0.05, 0.1) is 11.1 Å². The summed E-state index contributed by atoms with van der Waals surface area (Å²) in [5.41, 5.74) is 0.880. The lowest BCUT2D eigenvalue weighted by Gasteiger charge is -2.17. The van der Waals surface area contributed by atoms with Crippen LogP contribution in [0.15, 0.2) is 30.3 Å². The lowest BCUT2D eigenvalue weighted by atomic mass is 10.1. The highest BCUT2D eigenvalue weighted by Gasteiger charge is 2.13. The zero-order valence-electron chi connectivity index (χ0n) is 11.3. The van der Waals surface area contributed by atoms with Gasteiger partial charge in [-0.05, 0) is 25.0 Å². The third kappa shape index (κ3) is 3.05. The molecule has 5 nitrogen and oxygen atoms in total. The Kier molecular flexibility index (Phi) is 4.53. The molecule has 2 rings (SSSR count). The van der Waals surface area contributed by atoms with Crippen LogP contribution in [0.4, 0.5) is 5.82 Å². The van der Waals surface area contributed by atoms with Crippen LogP contribution in [-0.2, 0) is 0 Å². The van der Waals surface area contributed by atoms with E-state index in [2.05, 4.69) is 10.3 Å². The predicted molar refractivity (Wildman–Crippen MR) is 78.1 cm³/mol. The second kappa shape index (κ2) is 6.34. The molecule has 0 saturated carbocycles. The standard InChI is InChI=1S/C15H18N2O3/c1-2-10(7-8-18)16-14-9-12(15(19)20)11-5-3-4-6-13(11)17-14/h3-6,9-10,18H,2,7-8H2,1H3,(H,16,17)(H,19,20). The highest BCUT2D eigenvalue weighted by molar-refractivity contribution is 6.03. The maximum absolute atomic E-state index is 11.4. The van der Waals surface area contributed by atoms with Crippen LogP contribution in [0.25, 0.3) is 10.9 Å². The Hall–Kier alpha value is -2.14. The van der Waals surface area contributed by atoms with Gasteiger partial charge in [-0.3, -0.25) is 0 Å². The zero-order chi connectivity index (χ0) is 14.5. The van der Waals surface area contributed by atoms with Crippen LogP contribution in [-0.4, -0.2) is 33.8 Å². The van der Waals surface area contributed by atoms with Crippen molar-refractivity contribution < 1.29 is 15.0 Å². The number of aromatic nitrogens is 1. The summed E-state index contributed by atoms with van der Waals surface area (Å²) in [6.45, 7) is 2.09. The van der Waals surface area contributed by atoms with Crippen molar-refractivity contribution in [3.05, 3.63) is 35.9 Å². The van der Waals surface area contributed by atoms with E-state index in [0.29, 0.717) is 23.1 Å². The number of carbonyl (C=O) groups is 1. The molecule has 0 bridgehead atoms. The number of nitrogens with one attached hydrogen (secondary N) is 1. The lowest BCUT2D eigenvalue weighted by Crippen LogP contribution is -2.20. The smallest absolute Gasteiger partial charge is 0.336 e. The SMILES string of the molecule is CCC(CCO)Nc1cc(C(=O)O)c2ccccc2n1. The molecule has 5 heteroatoms. The predicted octanol–water partition coefficient (Wildman–Crippen LogP) is 2.51. The number of carboxylic acids is 1. The van der Waals surface area contributed by atoms with Crippen molar-refractivity contribution in [1.82, 2.24) is 4.98 Å². The third-order valence-corrected chi connectivity index (χ3v) is 3.27. The number of rotatable bonds is 6. The highest BCUT2D eigenvalue weighted by atomic mass is 16.4. The minimum atomic E-state index is -0.971. The summed E-state index contributed by atoms with van der Waals surface area (Å²) in [6, 6.07) is 8.79. The van der Waals surface area contributed by atoms with Gasteiger partial charge in [0.25, 0.3) is 0 Å². The van der Waals surface area contributed by atoms with Crippen LogP contribution in [0.1, 0.15) is 30.1 Å². The molecule has 0 saturated heterocycles. The van der Waals surface area contributed by atoms with Crippen LogP contribution in [0.2, 0.25) is 0 Å². The Bertz CT molecular complexity index is 613. The van der Waals surface area contributed by atoms with Crippen molar-refractivity contribution in [2.75, 3.05) is 11.9 Å². The van der Waals surface area contributed by atoms with E-state index in [1.54, 1.807) is 24.3 Å². The molecule has 3 N–H and O–H groups in total. The summed E-state index contributed by atoms with van der Waals surface area (Å²) < 4.78 is 0. The van der Waals surface area contributed by atoms with Crippen molar-refractivity contribution in [3.8, 4) is 0 Å². The number of hydrogen-bond acceptors (Lipinski definition) is 4. The summed E-state index contributed by atoms with van der Waals surface area (Å²) in [6.07, 6.45) is 1.44. The van der Waals surface area contributed by atoms with Gasteiger partial charge in [0.2, 0.25) is 0 Å². The van der Waals surface area contributed by atoms with Gasteiger partial charge in [-0.1, -0.05) is 25.1 Å². The average molecular weight is 274 g/mol. The van der Waals surface area contributed by atoms with E-state index < -0.39 is 5.97 Å². The molecule has 0 aliphatic carbocycles. The number of carboxylic acid groups (broad SMARTS) is 1. The molecule has 0 aliphatic heterocycles. The molecule has 0 aliphatic rings. The second-order valence-corrected chi connectivity index (χ2v) is 4.64. The van der Waals surface area contributed by atoms with Gasteiger partial charge >= 0.3 is 5.97 Å². The van der Waals surface area contributed by atoms with Crippen LogP contribution < -0.4 is 5.32 Å². The van der Waals surface area contributed by atoms with Crippen molar-refractivity contribution in [3.63, 3.8) is 0 Å². The Morgan fingerprint density at radius 1 is 1.40 bits per heavy atom. The van der Waals surface area contributed by atoms with Gasteiger partial charge in [-0.15, -0.1) is 0 Å². The van der Waals surface area contributed by atoms with Crippen molar-refractivity contribution in [2.45, 2.75) is 25.8 Å². The van der Waals surface area contributed by atoms with Crippen molar-refractivity contribution in [2.24, 2.45) is 0 Å². The molecule has 1 aromatic heterocycles. The first kappa shape index (κ1) is 14.3. The number of aliphatic hydroxyl groups excluding tert-OH is 1. The van der Waals surface area contributed by atoms with Crippen LogP contribution in [0, 0.1) is 0 Å². The van der Waals surface area contributed by atoms with E-state index in [-0.39, 0.29) is 18.2 Å². The van der Waals surface area contributed by atoms with Crippen LogP contribution >= 0.6 is 0 Å². The van der Waals surface area contributed by atoms with E-state index in [0.717, 1.165) is 6.42 Å².